The van der Waals surface area contributed by atoms with Gasteiger partial charge in [0.1, 0.15) is 18.5 Å². The summed E-state index contributed by atoms with van der Waals surface area (Å²) in [6, 6.07) is 18.0. The number of hydrogen-bond donors (Lipinski definition) is 2. The second kappa shape index (κ2) is 11.0. The fourth-order valence-corrected chi connectivity index (χ4v) is 5.84. The first-order valence-electron chi connectivity index (χ1n) is 11.3. The monoisotopic (exact) mass is 561 g/mol. The third-order valence-corrected chi connectivity index (χ3v) is 8.23. The van der Waals surface area contributed by atoms with Crippen LogP contribution in [-0.2, 0) is 14.8 Å². The zero-order chi connectivity index (χ0) is 25.0. The molecule has 0 bridgehead atoms. The topological polar surface area (TPSA) is 99.2 Å². The zero-order valence-electron chi connectivity index (χ0n) is 19.4. The zero-order valence-corrected chi connectivity index (χ0v) is 21.8. The number of carbonyl (C=O) groups excluding carboxylic acids is 1. The number of sulfonamides is 1. The number of halogens is 1. The van der Waals surface area contributed by atoms with Crippen LogP contribution in [0.5, 0.6) is 5.75 Å². The predicted molar refractivity (Wildman–Crippen MR) is 139 cm³/mol. The molecule has 1 aliphatic rings. The van der Waals surface area contributed by atoms with E-state index < -0.39 is 16.1 Å². The molecule has 0 spiro atoms. The van der Waals surface area contributed by atoms with Crippen molar-refractivity contribution in [1.82, 2.24) is 9.21 Å². The van der Waals surface area contributed by atoms with E-state index in [1.54, 1.807) is 12.1 Å². The van der Waals surface area contributed by atoms with Gasteiger partial charge in [0.15, 0.2) is 0 Å². The van der Waals surface area contributed by atoms with Crippen molar-refractivity contribution < 1.29 is 23.1 Å². The fraction of sp³-hybridized carbons (Fsp3) is 0.320. The molecule has 0 aliphatic carbocycles. The van der Waals surface area contributed by atoms with Gasteiger partial charge in [-0.2, -0.15) is 4.31 Å². The number of β-amino-alcohol motifs (C(OH)–C–C–N with tert-alkyl or cyclic N) is 1. The lowest BCUT2D eigenvalue weighted by molar-refractivity contribution is -0.114. The van der Waals surface area contributed by atoms with Crippen molar-refractivity contribution in [1.29, 1.82) is 0 Å². The SMILES string of the molecule is CC(=O)Nc1ccc(S(=O)(=O)N2CCN(CC(O)COc3ccc4cc(Br)ccc4c3)CC2)cc1. The molecule has 3 aromatic rings. The van der Waals surface area contributed by atoms with Crippen molar-refractivity contribution in [3.63, 3.8) is 0 Å². The molecule has 1 fully saturated rings. The third kappa shape index (κ3) is 6.59. The molecular weight excluding hydrogens is 534 g/mol. The molecule has 1 heterocycles. The van der Waals surface area contributed by atoms with Crippen LogP contribution in [0.2, 0.25) is 0 Å². The number of piperazine rings is 1. The number of aliphatic hydroxyl groups is 1. The molecular formula is C25H28BrN3O5S. The van der Waals surface area contributed by atoms with E-state index in [4.69, 9.17) is 4.74 Å². The Hall–Kier alpha value is -2.50. The third-order valence-electron chi connectivity index (χ3n) is 5.83. The number of amides is 1. The molecule has 1 unspecified atom stereocenters. The second-order valence-corrected chi connectivity index (χ2v) is 11.4. The Balaban J connectivity index is 1.26. The minimum absolute atomic E-state index is 0.154. The maximum atomic E-state index is 13.0. The molecule has 186 valence electrons. The Labute approximate surface area is 213 Å². The number of hydrogen-bond acceptors (Lipinski definition) is 6. The van der Waals surface area contributed by atoms with Gasteiger partial charge in [-0.05, 0) is 59.3 Å². The second-order valence-electron chi connectivity index (χ2n) is 8.53. The number of aliphatic hydroxyl groups excluding tert-OH is 1. The van der Waals surface area contributed by atoms with E-state index in [2.05, 4.69) is 21.2 Å². The fourth-order valence-electron chi connectivity index (χ4n) is 4.04. The van der Waals surface area contributed by atoms with Gasteiger partial charge in [0, 0.05) is 49.8 Å². The van der Waals surface area contributed by atoms with E-state index >= 15 is 0 Å². The summed E-state index contributed by atoms with van der Waals surface area (Å²) >= 11 is 3.47. The summed E-state index contributed by atoms with van der Waals surface area (Å²) in [6.07, 6.45) is -0.694. The van der Waals surface area contributed by atoms with Crippen molar-refractivity contribution in [3.8, 4) is 5.75 Å². The largest absolute Gasteiger partial charge is 0.491 e. The van der Waals surface area contributed by atoms with Crippen LogP contribution in [0, 0.1) is 0 Å². The molecule has 2 N–H and O–H groups in total. The normalized spacial score (nSPS) is 16.2. The van der Waals surface area contributed by atoms with Gasteiger partial charge >= 0.3 is 0 Å². The van der Waals surface area contributed by atoms with Gasteiger partial charge in [0.2, 0.25) is 15.9 Å². The quantitative estimate of drug-likeness (QED) is 0.437. The molecule has 4 rings (SSSR count). The summed E-state index contributed by atoms with van der Waals surface area (Å²) in [6.45, 7) is 3.67. The summed E-state index contributed by atoms with van der Waals surface area (Å²) in [5.41, 5.74) is 0.550. The smallest absolute Gasteiger partial charge is 0.243 e. The van der Waals surface area contributed by atoms with Crippen LogP contribution in [0.15, 0.2) is 70.0 Å². The predicted octanol–water partition coefficient (Wildman–Crippen LogP) is 3.31. The lowest BCUT2D eigenvalue weighted by atomic mass is 10.1. The molecule has 3 aromatic carbocycles. The van der Waals surface area contributed by atoms with Gasteiger partial charge in [0.05, 0.1) is 4.90 Å². The molecule has 0 aromatic heterocycles. The van der Waals surface area contributed by atoms with Gasteiger partial charge in [-0.25, -0.2) is 8.42 Å². The van der Waals surface area contributed by atoms with Gasteiger partial charge in [-0.15, -0.1) is 0 Å². The maximum absolute atomic E-state index is 13.0. The molecule has 35 heavy (non-hydrogen) atoms. The minimum atomic E-state index is -3.62. The molecule has 10 heteroatoms. The van der Waals surface area contributed by atoms with Gasteiger partial charge in [-0.1, -0.05) is 28.1 Å². The van der Waals surface area contributed by atoms with Crippen LogP contribution in [0.3, 0.4) is 0 Å². The van der Waals surface area contributed by atoms with Crippen LogP contribution in [0.1, 0.15) is 6.92 Å². The molecule has 0 saturated carbocycles. The number of anilines is 1. The van der Waals surface area contributed by atoms with Gasteiger partial charge < -0.3 is 15.2 Å². The lowest BCUT2D eigenvalue weighted by Crippen LogP contribution is -2.50. The standard InChI is InChI=1S/C25H28BrN3O5S/c1-18(30)27-22-5-8-25(9-6-22)35(32,33)29-12-10-28(11-13-29)16-23(31)17-34-24-7-3-19-14-21(26)4-2-20(19)15-24/h2-9,14-15,23,31H,10-13,16-17H2,1H3,(H,27,30). The average Bonchev–Trinajstić information content (AvgIpc) is 2.83. The first-order valence-corrected chi connectivity index (χ1v) is 13.5. The number of nitrogens with zero attached hydrogens (tertiary/aromatic N) is 2. The summed E-state index contributed by atoms with van der Waals surface area (Å²) in [7, 11) is -3.62. The van der Waals surface area contributed by atoms with Crippen LogP contribution in [0.25, 0.3) is 10.8 Å². The molecule has 8 nitrogen and oxygen atoms in total. The molecule has 1 aliphatic heterocycles. The highest BCUT2D eigenvalue weighted by Gasteiger charge is 2.29. The van der Waals surface area contributed by atoms with Crippen LogP contribution in [-0.4, -0.2) is 74.1 Å². The van der Waals surface area contributed by atoms with E-state index in [0.29, 0.717) is 44.2 Å². The van der Waals surface area contributed by atoms with Crippen molar-refractivity contribution in [2.45, 2.75) is 17.9 Å². The Morgan fingerprint density at radius 2 is 1.69 bits per heavy atom. The van der Waals surface area contributed by atoms with Crippen molar-refractivity contribution in [2.24, 2.45) is 0 Å². The summed E-state index contributed by atoms with van der Waals surface area (Å²) in [5, 5.41) is 15.3. The first kappa shape index (κ1) is 25.6. The van der Waals surface area contributed by atoms with E-state index in [1.807, 2.05) is 41.3 Å². The Bertz CT molecular complexity index is 1290. The maximum Gasteiger partial charge on any atom is 0.243 e. The highest BCUT2D eigenvalue weighted by atomic mass is 79.9. The first-order chi connectivity index (χ1) is 16.7. The molecule has 1 amide bonds. The highest BCUT2D eigenvalue weighted by Crippen LogP contribution is 2.24. The average molecular weight is 562 g/mol. The summed E-state index contributed by atoms with van der Waals surface area (Å²) < 4.78 is 34.2. The lowest BCUT2D eigenvalue weighted by Gasteiger charge is -2.34. The van der Waals surface area contributed by atoms with Crippen LogP contribution >= 0.6 is 15.9 Å². The van der Waals surface area contributed by atoms with Gasteiger partial charge in [-0.3, -0.25) is 9.69 Å². The van der Waals surface area contributed by atoms with E-state index in [1.165, 1.54) is 23.4 Å². The number of ether oxygens (including phenoxy) is 1. The Kier molecular flexibility index (Phi) is 8.08. The Morgan fingerprint density at radius 3 is 2.37 bits per heavy atom. The van der Waals surface area contributed by atoms with E-state index in [0.717, 1.165) is 15.2 Å². The summed E-state index contributed by atoms with van der Waals surface area (Å²) in [5.74, 6) is 0.481. The van der Waals surface area contributed by atoms with Crippen molar-refractivity contribution >= 4 is 48.3 Å². The number of rotatable bonds is 8. The van der Waals surface area contributed by atoms with Crippen molar-refractivity contribution in [2.75, 3.05) is 44.6 Å². The van der Waals surface area contributed by atoms with Gasteiger partial charge in [0.25, 0.3) is 0 Å². The van der Waals surface area contributed by atoms with Crippen molar-refractivity contribution in [3.05, 3.63) is 65.1 Å². The number of nitrogens with one attached hydrogen (secondary N) is 1. The van der Waals surface area contributed by atoms with Crippen LogP contribution in [0.4, 0.5) is 5.69 Å². The van der Waals surface area contributed by atoms with E-state index in [9.17, 15) is 18.3 Å². The van der Waals surface area contributed by atoms with Crippen LogP contribution < -0.4 is 10.1 Å². The molecule has 0 radical (unpaired) electrons. The number of fused-ring (bicyclic) bond motifs is 1. The summed E-state index contributed by atoms with van der Waals surface area (Å²) in [4.78, 5) is 13.4. The Morgan fingerprint density at radius 1 is 1.03 bits per heavy atom. The minimum Gasteiger partial charge on any atom is -0.491 e. The highest BCUT2D eigenvalue weighted by molar-refractivity contribution is 9.10. The van der Waals surface area contributed by atoms with E-state index in [-0.39, 0.29) is 17.4 Å². The molecule has 1 atom stereocenters. The number of carbonyl (C=O) groups is 1. The molecule has 1 saturated heterocycles. The number of benzene rings is 3.